The maximum atomic E-state index is 4.58. The summed E-state index contributed by atoms with van der Waals surface area (Å²) in [6.07, 6.45) is 6.60. The van der Waals surface area contributed by atoms with E-state index in [0.29, 0.717) is 5.92 Å². The van der Waals surface area contributed by atoms with Crippen LogP contribution in [-0.2, 0) is 6.42 Å². The van der Waals surface area contributed by atoms with E-state index in [1.165, 1.54) is 22.3 Å². The first-order valence-electron chi connectivity index (χ1n) is 6.86. The third-order valence-electron chi connectivity index (χ3n) is 3.99. The zero-order valence-electron chi connectivity index (χ0n) is 11.0. The SMILES string of the molecule is c1ccc2c(c1)-c1ncccc1[C@@H]2Cc1ccncc1. The largest absolute Gasteiger partial charge is 0.265 e. The van der Waals surface area contributed by atoms with Gasteiger partial charge in [-0.1, -0.05) is 30.3 Å². The summed E-state index contributed by atoms with van der Waals surface area (Å²) in [5.41, 5.74) is 6.46. The summed E-state index contributed by atoms with van der Waals surface area (Å²) in [4.78, 5) is 8.68. The summed E-state index contributed by atoms with van der Waals surface area (Å²) in [7, 11) is 0. The van der Waals surface area contributed by atoms with Gasteiger partial charge in [0.2, 0.25) is 0 Å². The van der Waals surface area contributed by atoms with Crippen LogP contribution in [0.3, 0.4) is 0 Å². The van der Waals surface area contributed by atoms with E-state index >= 15 is 0 Å². The van der Waals surface area contributed by atoms with Gasteiger partial charge in [-0.15, -0.1) is 0 Å². The van der Waals surface area contributed by atoms with Gasteiger partial charge >= 0.3 is 0 Å². The minimum Gasteiger partial charge on any atom is -0.265 e. The maximum Gasteiger partial charge on any atom is 0.0743 e. The lowest BCUT2D eigenvalue weighted by Crippen LogP contribution is -2.01. The molecule has 1 aromatic carbocycles. The van der Waals surface area contributed by atoms with Crippen molar-refractivity contribution in [1.29, 1.82) is 0 Å². The van der Waals surface area contributed by atoms with Gasteiger partial charge < -0.3 is 0 Å². The molecule has 0 saturated heterocycles. The number of rotatable bonds is 2. The van der Waals surface area contributed by atoms with E-state index < -0.39 is 0 Å². The maximum absolute atomic E-state index is 4.58. The average molecular weight is 258 g/mol. The van der Waals surface area contributed by atoms with Crippen LogP contribution in [0.15, 0.2) is 67.1 Å². The highest BCUT2D eigenvalue weighted by molar-refractivity contribution is 5.75. The van der Waals surface area contributed by atoms with Gasteiger partial charge in [-0.05, 0) is 41.3 Å². The molecule has 0 unspecified atom stereocenters. The molecule has 1 aliphatic rings. The Hall–Kier alpha value is -2.48. The first-order valence-corrected chi connectivity index (χ1v) is 6.86. The average Bonchev–Trinajstić information content (AvgIpc) is 2.84. The summed E-state index contributed by atoms with van der Waals surface area (Å²) in [5, 5.41) is 0. The quantitative estimate of drug-likeness (QED) is 0.698. The van der Waals surface area contributed by atoms with E-state index in [9.17, 15) is 0 Å². The smallest absolute Gasteiger partial charge is 0.0743 e. The predicted molar refractivity (Wildman–Crippen MR) is 79.5 cm³/mol. The van der Waals surface area contributed by atoms with Gasteiger partial charge in [-0.2, -0.15) is 0 Å². The molecule has 0 aliphatic heterocycles. The highest BCUT2D eigenvalue weighted by Gasteiger charge is 2.28. The molecule has 0 radical (unpaired) electrons. The van der Waals surface area contributed by atoms with E-state index in [2.05, 4.69) is 52.4 Å². The molecule has 96 valence electrons. The Bertz CT molecular complexity index is 705. The first-order chi connectivity index (χ1) is 9.93. The number of benzene rings is 1. The number of aromatic nitrogens is 2. The van der Waals surface area contributed by atoms with Gasteiger partial charge in [0.1, 0.15) is 0 Å². The Morgan fingerprint density at radius 3 is 2.50 bits per heavy atom. The number of fused-ring (bicyclic) bond motifs is 3. The number of pyridine rings is 2. The second kappa shape index (κ2) is 4.57. The molecule has 0 saturated carbocycles. The van der Waals surface area contributed by atoms with E-state index in [4.69, 9.17) is 0 Å². The highest BCUT2D eigenvalue weighted by Crippen LogP contribution is 2.44. The molecular weight excluding hydrogens is 244 g/mol. The molecule has 0 fully saturated rings. The molecule has 2 heteroatoms. The van der Waals surface area contributed by atoms with E-state index in [0.717, 1.165) is 12.1 Å². The zero-order valence-corrected chi connectivity index (χ0v) is 11.0. The van der Waals surface area contributed by atoms with Crippen LogP contribution in [-0.4, -0.2) is 9.97 Å². The fourth-order valence-electron chi connectivity index (χ4n) is 3.08. The van der Waals surface area contributed by atoms with Gasteiger partial charge in [0.25, 0.3) is 0 Å². The summed E-state index contributed by atoms with van der Waals surface area (Å²) in [6.45, 7) is 0. The Morgan fingerprint density at radius 2 is 1.60 bits per heavy atom. The molecule has 0 amide bonds. The van der Waals surface area contributed by atoms with Crippen LogP contribution in [0.2, 0.25) is 0 Å². The molecule has 20 heavy (non-hydrogen) atoms. The van der Waals surface area contributed by atoms with E-state index in [1.54, 1.807) is 0 Å². The minimum atomic E-state index is 0.400. The third kappa shape index (κ3) is 1.73. The van der Waals surface area contributed by atoms with Crippen molar-refractivity contribution >= 4 is 0 Å². The fourth-order valence-corrected chi connectivity index (χ4v) is 3.08. The van der Waals surface area contributed by atoms with Gasteiger partial charge in [0.05, 0.1) is 5.69 Å². The van der Waals surface area contributed by atoms with Crippen molar-refractivity contribution in [3.63, 3.8) is 0 Å². The highest BCUT2D eigenvalue weighted by atomic mass is 14.7. The molecule has 0 bridgehead atoms. The molecule has 2 heterocycles. The Labute approximate surface area is 118 Å². The Balaban J connectivity index is 1.83. The summed E-state index contributed by atoms with van der Waals surface area (Å²) >= 11 is 0. The summed E-state index contributed by atoms with van der Waals surface area (Å²) in [6, 6.07) is 17.0. The summed E-state index contributed by atoms with van der Waals surface area (Å²) < 4.78 is 0. The van der Waals surface area contributed by atoms with Crippen molar-refractivity contribution < 1.29 is 0 Å². The van der Waals surface area contributed by atoms with Crippen LogP contribution in [0.5, 0.6) is 0 Å². The Kier molecular flexibility index (Phi) is 2.59. The van der Waals surface area contributed by atoms with Gasteiger partial charge in [-0.25, -0.2) is 0 Å². The Morgan fingerprint density at radius 1 is 0.800 bits per heavy atom. The van der Waals surface area contributed by atoms with Crippen LogP contribution >= 0.6 is 0 Å². The zero-order chi connectivity index (χ0) is 13.4. The number of nitrogens with zero attached hydrogens (tertiary/aromatic N) is 2. The van der Waals surface area contributed by atoms with E-state index in [1.807, 2.05) is 24.7 Å². The predicted octanol–water partition coefficient (Wildman–Crippen LogP) is 3.83. The molecule has 2 aromatic heterocycles. The molecule has 0 spiro atoms. The van der Waals surface area contributed by atoms with Crippen molar-refractivity contribution in [2.24, 2.45) is 0 Å². The molecule has 1 aliphatic carbocycles. The minimum absolute atomic E-state index is 0.400. The van der Waals surface area contributed by atoms with Crippen LogP contribution in [0.4, 0.5) is 0 Å². The molecule has 0 N–H and O–H groups in total. The number of hydrogen-bond donors (Lipinski definition) is 0. The van der Waals surface area contributed by atoms with Crippen LogP contribution < -0.4 is 0 Å². The van der Waals surface area contributed by atoms with Crippen molar-refractivity contribution in [2.45, 2.75) is 12.3 Å². The van der Waals surface area contributed by atoms with Crippen molar-refractivity contribution in [3.05, 3.63) is 83.8 Å². The van der Waals surface area contributed by atoms with Crippen LogP contribution in [0.1, 0.15) is 22.6 Å². The van der Waals surface area contributed by atoms with Crippen molar-refractivity contribution in [2.75, 3.05) is 0 Å². The second-order valence-electron chi connectivity index (χ2n) is 5.14. The molecule has 3 aromatic rings. The summed E-state index contributed by atoms with van der Waals surface area (Å²) in [5.74, 6) is 0.400. The van der Waals surface area contributed by atoms with Crippen molar-refractivity contribution in [1.82, 2.24) is 9.97 Å². The van der Waals surface area contributed by atoms with Crippen LogP contribution in [0.25, 0.3) is 11.3 Å². The fraction of sp³-hybridized carbons (Fsp3) is 0.111. The second-order valence-corrected chi connectivity index (χ2v) is 5.14. The normalized spacial score (nSPS) is 15.7. The molecule has 2 nitrogen and oxygen atoms in total. The lowest BCUT2D eigenvalue weighted by Gasteiger charge is -2.13. The lowest BCUT2D eigenvalue weighted by molar-refractivity contribution is 0.823. The van der Waals surface area contributed by atoms with Crippen molar-refractivity contribution in [3.8, 4) is 11.3 Å². The standard InChI is InChI=1S/C18H14N2/c1-2-5-15-14(4-1)17(12-13-7-10-19-11-8-13)16-6-3-9-20-18(15)16/h1-11,17H,12H2/t17-/m1/s1. The molecule has 1 atom stereocenters. The van der Waals surface area contributed by atoms with Crippen LogP contribution in [0, 0.1) is 0 Å². The third-order valence-corrected chi connectivity index (χ3v) is 3.99. The van der Waals surface area contributed by atoms with Gasteiger partial charge in [-0.3, -0.25) is 9.97 Å². The molecule has 4 rings (SSSR count). The monoisotopic (exact) mass is 258 g/mol. The molecular formula is C18H14N2. The lowest BCUT2D eigenvalue weighted by atomic mass is 9.91. The van der Waals surface area contributed by atoms with Gasteiger partial charge in [0.15, 0.2) is 0 Å². The van der Waals surface area contributed by atoms with E-state index in [-0.39, 0.29) is 0 Å². The topological polar surface area (TPSA) is 25.8 Å². The van der Waals surface area contributed by atoms with Gasteiger partial charge in [0, 0.05) is 30.1 Å². The first kappa shape index (κ1) is 11.4. The number of hydrogen-bond acceptors (Lipinski definition) is 2.